The first-order chi connectivity index (χ1) is 9.91. The Morgan fingerprint density at radius 3 is 2.48 bits per heavy atom. The number of hydrogen-bond acceptors (Lipinski definition) is 5. The Bertz CT molecular complexity index is 763. The van der Waals surface area contributed by atoms with Gasteiger partial charge in [0, 0.05) is 0 Å². The fourth-order valence-corrected chi connectivity index (χ4v) is 4.35. The molecule has 0 amide bonds. The molecule has 0 bridgehead atoms. The summed E-state index contributed by atoms with van der Waals surface area (Å²) in [4.78, 5) is 0.320. The zero-order valence-electron chi connectivity index (χ0n) is 11.3. The zero-order valence-corrected chi connectivity index (χ0v) is 12.9. The Balaban J connectivity index is 2.36. The first-order valence-electron chi connectivity index (χ1n) is 6.11. The van der Waals surface area contributed by atoms with Gasteiger partial charge in [0.25, 0.3) is 10.0 Å². The van der Waals surface area contributed by atoms with Crippen LogP contribution in [0.15, 0.2) is 46.7 Å². The Labute approximate surface area is 127 Å². The molecule has 0 saturated carbocycles. The Morgan fingerprint density at radius 1 is 1.29 bits per heavy atom. The summed E-state index contributed by atoms with van der Waals surface area (Å²) >= 11 is 0.893. The van der Waals surface area contributed by atoms with Crippen molar-refractivity contribution in [1.82, 2.24) is 4.72 Å². The molecule has 1 aromatic carbocycles. The van der Waals surface area contributed by atoms with Crippen LogP contribution in [0.25, 0.3) is 0 Å². The van der Waals surface area contributed by atoms with E-state index in [0.717, 1.165) is 11.3 Å². The molecule has 2 rings (SSSR count). The minimum atomic E-state index is -3.81. The molecule has 0 aliphatic carbocycles. The zero-order chi connectivity index (χ0) is 15.5. The Morgan fingerprint density at radius 2 is 1.95 bits per heavy atom. The summed E-state index contributed by atoms with van der Waals surface area (Å²) in [6, 6.07) is 13.6. The predicted molar refractivity (Wildman–Crippen MR) is 80.2 cm³/mol. The van der Waals surface area contributed by atoms with Gasteiger partial charge in [0.2, 0.25) is 0 Å². The van der Waals surface area contributed by atoms with E-state index in [1.165, 1.54) is 12.1 Å². The van der Waals surface area contributed by atoms with Gasteiger partial charge in [0.15, 0.2) is 0 Å². The summed E-state index contributed by atoms with van der Waals surface area (Å²) in [6.07, 6.45) is 0. The second-order valence-corrected chi connectivity index (χ2v) is 7.69. The lowest BCUT2D eigenvalue weighted by atomic mass is 9.94. The number of hydrogen-bond donors (Lipinski definition) is 2. The van der Waals surface area contributed by atoms with Crippen molar-refractivity contribution in [2.75, 3.05) is 6.61 Å². The molecule has 0 aliphatic heterocycles. The maximum absolute atomic E-state index is 12.4. The molecule has 2 N–H and O–H groups in total. The summed E-state index contributed by atoms with van der Waals surface area (Å²) in [6.45, 7) is 1.23. The van der Waals surface area contributed by atoms with E-state index < -0.39 is 15.6 Å². The van der Waals surface area contributed by atoms with E-state index >= 15 is 0 Å². The quantitative estimate of drug-likeness (QED) is 0.878. The van der Waals surface area contributed by atoms with Gasteiger partial charge < -0.3 is 5.11 Å². The summed E-state index contributed by atoms with van der Waals surface area (Å²) in [7, 11) is -3.81. The topological polar surface area (TPSA) is 90.2 Å². The normalized spacial score (nSPS) is 14.3. The summed E-state index contributed by atoms with van der Waals surface area (Å²) < 4.78 is 27.3. The van der Waals surface area contributed by atoms with Crippen LogP contribution < -0.4 is 4.72 Å². The molecular formula is C14H14N2O3S2. The highest BCUT2D eigenvalue weighted by molar-refractivity contribution is 7.91. The van der Waals surface area contributed by atoms with Crippen LogP contribution in [0.1, 0.15) is 17.4 Å². The number of sulfonamides is 1. The van der Waals surface area contributed by atoms with Gasteiger partial charge in [0.05, 0.1) is 12.1 Å². The van der Waals surface area contributed by atoms with Crippen molar-refractivity contribution in [1.29, 1.82) is 5.26 Å². The summed E-state index contributed by atoms with van der Waals surface area (Å²) in [5.74, 6) is 0. The van der Waals surface area contributed by atoms with E-state index in [0.29, 0.717) is 10.4 Å². The Hall–Kier alpha value is -1.72. The molecule has 1 unspecified atom stereocenters. The van der Waals surface area contributed by atoms with Crippen molar-refractivity contribution in [2.45, 2.75) is 16.7 Å². The fraction of sp³-hybridized carbons (Fsp3) is 0.214. The van der Waals surface area contributed by atoms with Gasteiger partial charge in [-0.1, -0.05) is 30.3 Å². The molecule has 0 aliphatic rings. The second kappa shape index (κ2) is 5.95. The number of nitrogens with one attached hydrogen (secondary N) is 1. The number of aliphatic hydroxyl groups is 1. The van der Waals surface area contributed by atoms with Crippen molar-refractivity contribution < 1.29 is 13.5 Å². The number of thiophene rings is 1. The average Bonchev–Trinajstić information content (AvgIpc) is 2.97. The first kappa shape index (κ1) is 15.7. The molecule has 1 atom stereocenters. The van der Waals surface area contributed by atoms with E-state index in [1.54, 1.807) is 31.2 Å². The summed E-state index contributed by atoms with van der Waals surface area (Å²) in [5, 5.41) is 18.4. The van der Waals surface area contributed by atoms with Crippen LogP contribution >= 0.6 is 11.3 Å². The van der Waals surface area contributed by atoms with E-state index in [9.17, 15) is 13.5 Å². The summed E-state index contributed by atoms with van der Waals surface area (Å²) in [5.41, 5.74) is -0.468. The molecule has 7 heteroatoms. The average molecular weight is 322 g/mol. The molecule has 21 heavy (non-hydrogen) atoms. The van der Waals surface area contributed by atoms with E-state index in [2.05, 4.69) is 4.72 Å². The van der Waals surface area contributed by atoms with Crippen LogP contribution in [0.2, 0.25) is 0 Å². The highest BCUT2D eigenvalue weighted by atomic mass is 32.2. The van der Waals surface area contributed by atoms with Gasteiger partial charge in [-0.15, -0.1) is 11.3 Å². The molecule has 0 radical (unpaired) electrons. The highest BCUT2D eigenvalue weighted by Crippen LogP contribution is 2.26. The van der Waals surface area contributed by atoms with Gasteiger partial charge in [-0.2, -0.15) is 9.98 Å². The highest BCUT2D eigenvalue weighted by Gasteiger charge is 2.32. The fourth-order valence-electron chi connectivity index (χ4n) is 1.86. The maximum atomic E-state index is 12.4. The van der Waals surface area contributed by atoms with Crippen LogP contribution in [0.3, 0.4) is 0 Å². The van der Waals surface area contributed by atoms with E-state index in [1.807, 2.05) is 12.1 Å². The maximum Gasteiger partial charge on any atom is 0.250 e. The van der Waals surface area contributed by atoms with Crippen LogP contribution in [-0.4, -0.2) is 20.1 Å². The van der Waals surface area contributed by atoms with Crippen molar-refractivity contribution in [3.8, 4) is 6.07 Å². The molecule has 1 heterocycles. The third-order valence-electron chi connectivity index (χ3n) is 3.04. The van der Waals surface area contributed by atoms with Gasteiger partial charge in [0.1, 0.15) is 15.2 Å². The van der Waals surface area contributed by atoms with Gasteiger partial charge in [-0.3, -0.25) is 0 Å². The van der Waals surface area contributed by atoms with Gasteiger partial charge in [-0.05, 0) is 24.6 Å². The standard InChI is InChI=1S/C14H14N2O3S2/c1-14(10-17,11-5-3-2-4-6-11)16-21(18,19)13-8-7-12(9-15)20-13/h2-8,16-17H,10H2,1H3. The van der Waals surface area contributed by atoms with Crippen LogP contribution in [0.4, 0.5) is 0 Å². The lowest BCUT2D eigenvalue weighted by molar-refractivity contribution is 0.196. The minimum Gasteiger partial charge on any atom is -0.394 e. The van der Waals surface area contributed by atoms with Crippen LogP contribution in [-0.2, 0) is 15.6 Å². The third-order valence-corrected chi connectivity index (χ3v) is 6.12. The van der Waals surface area contributed by atoms with Crippen molar-refractivity contribution in [3.05, 3.63) is 52.9 Å². The number of nitrogens with zero attached hydrogens (tertiary/aromatic N) is 1. The molecule has 0 saturated heterocycles. The van der Waals surface area contributed by atoms with Crippen molar-refractivity contribution >= 4 is 21.4 Å². The third kappa shape index (κ3) is 3.31. The van der Waals surface area contributed by atoms with Crippen molar-refractivity contribution in [2.24, 2.45) is 0 Å². The SMILES string of the molecule is CC(CO)(NS(=O)(=O)c1ccc(C#N)s1)c1ccccc1. The first-order valence-corrected chi connectivity index (χ1v) is 8.41. The number of rotatable bonds is 5. The van der Waals surface area contributed by atoms with Crippen molar-refractivity contribution in [3.63, 3.8) is 0 Å². The molecule has 0 spiro atoms. The monoisotopic (exact) mass is 322 g/mol. The largest absolute Gasteiger partial charge is 0.394 e. The Kier molecular flexibility index (Phi) is 4.44. The van der Waals surface area contributed by atoms with Gasteiger partial charge in [-0.25, -0.2) is 8.42 Å². The molecule has 5 nitrogen and oxygen atoms in total. The number of aliphatic hydroxyl groups excluding tert-OH is 1. The minimum absolute atomic E-state index is 0.0506. The molecule has 0 fully saturated rings. The lowest BCUT2D eigenvalue weighted by Gasteiger charge is -2.28. The van der Waals surface area contributed by atoms with E-state index in [4.69, 9.17) is 5.26 Å². The predicted octanol–water partition coefficient (Wildman–Crippen LogP) is 1.81. The smallest absolute Gasteiger partial charge is 0.250 e. The number of nitriles is 1. The van der Waals surface area contributed by atoms with Gasteiger partial charge >= 0.3 is 0 Å². The molecule has 1 aromatic heterocycles. The molecule has 2 aromatic rings. The molecular weight excluding hydrogens is 308 g/mol. The second-order valence-electron chi connectivity index (χ2n) is 4.69. The van der Waals surface area contributed by atoms with Crippen LogP contribution in [0.5, 0.6) is 0 Å². The molecule has 110 valence electrons. The van der Waals surface area contributed by atoms with E-state index in [-0.39, 0.29) is 10.8 Å². The lowest BCUT2D eigenvalue weighted by Crippen LogP contribution is -2.45. The number of benzene rings is 1. The van der Waals surface area contributed by atoms with Crippen LogP contribution in [0, 0.1) is 11.3 Å².